The Morgan fingerprint density at radius 2 is 1.97 bits per heavy atom. The molecule has 0 bridgehead atoms. The van der Waals surface area contributed by atoms with Crippen LogP contribution in [0.5, 0.6) is 0 Å². The summed E-state index contributed by atoms with van der Waals surface area (Å²) in [6.45, 7) is 2.87. The van der Waals surface area contributed by atoms with Crippen LogP contribution in [0.15, 0.2) is 42.7 Å². The largest absolute Gasteiger partial charge is 0.382 e. The number of nitrogens with zero attached hydrogens (tertiary/aromatic N) is 4. The number of sulfonamides is 1. The summed E-state index contributed by atoms with van der Waals surface area (Å²) in [6, 6.07) is 9.94. The highest BCUT2D eigenvalue weighted by Gasteiger charge is 2.17. The molecule has 4 rings (SSSR count). The maximum atomic E-state index is 11.6. The molecule has 8 nitrogen and oxygen atoms in total. The van der Waals surface area contributed by atoms with Crippen molar-refractivity contribution in [3.8, 4) is 0 Å². The fourth-order valence-electron chi connectivity index (χ4n) is 3.86. The molecule has 0 unspecified atom stereocenters. The first-order chi connectivity index (χ1) is 15.9. The van der Waals surface area contributed by atoms with Crippen LogP contribution in [-0.4, -0.2) is 40.7 Å². The van der Waals surface area contributed by atoms with Gasteiger partial charge in [0.15, 0.2) is 5.82 Å². The fourth-order valence-corrected chi connectivity index (χ4v) is 4.32. The van der Waals surface area contributed by atoms with Gasteiger partial charge in [-0.2, -0.15) is 0 Å². The average molecular weight is 465 g/mol. The number of aromatic nitrogens is 4. The van der Waals surface area contributed by atoms with Crippen LogP contribution in [0, 0.1) is 0 Å². The van der Waals surface area contributed by atoms with Crippen molar-refractivity contribution in [3.05, 3.63) is 59.7 Å². The van der Waals surface area contributed by atoms with Crippen molar-refractivity contribution in [3.63, 3.8) is 0 Å². The summed E-state index contributed by atoms with van der Waals surface area (Å²) >= 11 is 0. The van der Waals surface area contributed by atoms with Crippen LogP contribution < -0.4 is 10.5 Å². The van der Waals surface area contributed by atoms with Crippen molar-refractivity contribution in [2.24, 2.45) is 0 Å². The molecule has 0 spiro atoms. The zero-order valence-electron chi connectivity index (χ0n) is 18.8. The van der Waals surface area contributed by atoms with E-state index in [2.05, 4.69) is 26.2 Å². The minimum atomic E-state index is -3.28. The summed E-state index contributed by atoms with van der Waals surface area (Å²) in [6.07, 6.45) is 11.5. The molecule has 1 aromatic carbocycles. The summed E-state index contributed by atoms with van der Waals surface area (Å²) in [5, 5.41) is 0.937. The molecule has 0 aliphatic carbocycles. The summed E-state index contributed by atoms with van der Waals surface area (Å²) in [7, 11) is -3.28. The van der Waals surface area contributed by atoms with E-state index in [0.717, 1.165) is 58.9 Å². The van der Waals surface area contributed by atoms with Gasteiger partial charge in [-0.1, -0.05) is 43.7 Å². The van der Waals surface area contributed by atoms with Crippen molar-refractivity contribution in [2.75, 3.05) is 18.5 Å². The van der Waals surface area contributed by atoms with Crippen molar-refractivity contribution < 1.29 is 8.42 Å². The van der Waals surface area contributed by atoms with Crippen LogP contribution >= 0.6 is 0 Å². The van der Waals surface area contributed by atoms with Crippen LogP contribution in [0.4, 0.5) is 5.82 Å². The first-order valence-corrected chi connectivity index (χ1v) is 12.9. The van der Waals surface area contributed by atoms with E-state index in [0.29, 0.717) is 17.9 Å². The minimum Gasteiger partial charge on any atom is -0.382 e. The number of anilines is 1. The van der Waals surface area contributed by atoms with Gasteiger partial charge in [0.05, 0.1) is 17.3 Å². The lowest BCUT2D eigenvalue weighted by atomic mass is 10.1. The Hall–Kier alpha value is -3.30. The lowest BCUT2D eigenvalue weighted by Crippen LogP contribution is -2.26. The summed E-state index contributed by atoms with van der Waals surface area (Å²) in [5.41, 5.74) is 10.6. The van der Waals surface area contributed by atoms with Gasteiger partial charge in [-0.05, 0) is 29.7 Å². The van der Waals surface area contributed by atoms with E-state index >= 15 is 0 Å². The molecule has 0 radical (unpaired) electrons. The molecule has 0 amide bonds. The normalized spacial score (nSPS) is 12.3. The Kier molecular flexibility index (Phi) is 6.71. The molecule has 0 fully saturated rings. The van der Waals surface area contributed by atoms with Gasteiger partial charge in [0.1, 0.15) is 11.3 Å². The molecule has 3 heterocycles. The predicted molar refractivity (Wildman–Crippen MR) is 134 cm³/mol. The van der Waals surface area contributed by atoms with Gasteiger partial charge in [-0.25, -0.2) is 23.1 Å². The van der Waals surface area contributed by atoms with E-state index in [-0.39, 0.29) is 6.54 Å². The predicted octanol–water partition coefficient (Wildman–Crippen LogP) is 3.62. The number of pyridine rings is 2. The van der Waals surface area contributed by atoms with Crippen LogP contribution in [0.2, 0.25) is 0 Å². The monoisotopic (exact) mass is 464 g/mol. The molecular formula is C24H28N6O2S. The fraction of sp³-hybridized carbons (Fsp3) is 0.292. The Morgan fingerprint density at radius 3 is 2.70 bits per heavy atom. The Balaban J connectivity index is 1.78. The molecule has 172 valence electrons. The number of hydrogen-bond donors (Lipinski definition) is 2. The molecule has 0 saturated heterocycles. The number of nitrogens with two attached hydrogens (primary N) is 1. The highest BCUT2D eigenvalue weighted by molar-refractivity contribution is 7.88. The second kappa shape index (κ2) is 9.68. The summed E-state index contributed by atoms with van der Waals surface area (Å²) < 4.78 is 27.8. The maximum Gasteiger partial charge on any atom is 0.208 e. The molecule has 0 aliphatic heterocycles. The summed E-state index contributed by atoms with van der Waals surface area (Å²) in [4.78, 5) is 13.5. The average Bonchev–Trinajstić information content (AvgIpc) is 3.15. The highest BCUT2D eigenvalue weighted by atomic mass is 32.2. The van der Waals surface area contributed by atoms with Gasteiger partial charge >= 0.3 is 0 Å². The van der Waals surface area contributed by atoms with Crippen molar-refractivity contribution >= 4 is 49.9 Å². The third-order valence-corrected chi connectivity index (χ3v) is 6.14. The Morgan fingerprint density at radius 1 is 1.15 bits per heavy atom. The summed E-state index contributed by atoms with van der Waals surface area (Å²) in [5.74, 6) is 1.27. The SMILES string of the molecule is CCCCc1nc2c(N)nc3cc(C=Cc4cccnc4)ccc3c2n1CCNS(C)(=O)=O. The number of hydrogen-bond acceptors (Lipinski definition) is 6. The van der Waals surface area contributed by atoms with Crippen LogP contribution in [0.3, 0.4) is 0 Å². The van der Waals surface area contributed by atoms with Gasteiger partial charge in [0, 0.05) is 37.3 Å². The molecule has 3 N–H and O–H groups in total. The second-order valence-electron chi connectivity index (χ2n) is 8.04. The zero-order valence-corrected chi connectivity index (χ0v) is 19.6. The lowest BCUT2D eigenvalue weighted by molar-refractivity contribution is 0.575. The molecule has 9 heteroatoms. The topological polar surface area (TPSA) is 116 Å². The van der Waals surface area contributed by atoms with E-state index in [1.54, 1.807) is 12.4 Å². The number of nitrogen functional groups attached to an aromatic ring is 1. The maximum absolute atomic E-state index is 11.6. The molecule has 0 aliphatic rings. The molecule has 0 saturated carbocycles. The first-order valence-electron chi connectivity index (χ1n) is 11.0. The van der Waals surface area contributed by atoms with E-state index < -0.39 is 10.0 Å². The number of nitrogens with one attached hydrogen (secondary N) is 1. The molecule has 3 aromatic heterocycles. The molecular weight excluding hydrogens is 436 g/mol. The van der Waals surface area contributed by atoms with Crippen molar-refractivity contribution in [2.45, 2.75) is 32.7 Å². The van der Waals surface area contributed by atoms with E-state index in [4.69, 9.17) is 10.7 Å². The van der Waals surface area contributed by atoms with Crippen molar-refractivity contribution in [1.29, 1.82) is 0 Å². The van der Waals surface area contributed by atoms with Crippen molar-refractivity contribution in [1.82, 2.24) is 24.2 Å². The van der Waals surface area contributed by atoms with Gasteiger partial charge < -0.3 is 10.3 Å². The third kappa shape index (κ3) is 5.37. The molecule has 0 atom stereocenters. The second-order valence-corrected chi connectivity index (χ2v) is 9.87. The third-order valence-electron chi connectivity index (χ3n) is 5.41. The van der Waals surface area contributed by atoms with E-state index in [1.807, 2.05) is 42.5 Å². The Bertz CT molecular complexity index is 1410. The van der Waals surface area contributed by atoms with E-state index in [9.17, 15) is 8.42 Å². The number of benzene rings is 1. The van der Waals surface area contributed by atoms with Crippen LogP contribution in [0.1, 0.15) is 36.7 Å². The van der Waals surface area contributed by atoms with E-state index in [1.165, 1.54) is 0 Å². The number of rotatable bonds is 9. The molecule has 4 aromatic rings. The van der Waals surface area contributed by atoms with Gasteiger partial charge in [-0.15, -0.1) is 0 Å². The standard InChI is InChI=1S/C24H28N6O2S/c1-3-4-7-21-29-22-23(30(21)14-13-27-33(2,31)32)19-11-10-17(15-20(19)28-24(22)25)8-9-18-6-5-12-26-16-18/h5-6,8-12,15-16,27H,3-4,7,13-14H2,1-2H3,(H2,25,28). The number of imidazole rings is 1. The zero-order chi connectivity index (χ0) is 23.4. The first kappa shape index (κ1) is 22.9. The van der Waals surface area contributed by atoms with Crippen LogP contribution in [-0.2, 0) is 23.0 Å². The highest BCUT2D eigenvalue weighted by Crippen LogP contribution is 2.30. The van der Waals surface area contributed by atoms with Crippen LogP contribution in [0.25, 0.3) is 34.1 Å². The van der Waals surface area contributed by atoms with Gasteiger partial charge in [0.25, 0.3) is 0 Å². The Labute approximate surface area is 193 Å². The minimum absolute atomic E-state index is 0.277. The van der Waals surface area contributed by atoms with Gasteiger partial charge in [0.2, 0.25) is 10.0 Å². The number of aryl methyl sites for hydroxylation is 1. The number of unbranched alkanes of at least 4 members (excludes halogenated alkanes) is 1. The molecule has 33 heavy (non-hydrogen) atoms. The lowest BCUT2D eigenvalue weighted by Gasteiger charge is -2.11. The van der Waals surface area contributed by atoms with Gasteiger partial charge in [-0.3, -0.25) is 4.98 Å². The number of fused-ring (bicyclic) bond motifs is 3. The smallest absolute Gasteiger partial charge is 0.208 e. The quantitative estimate of drug-likeness (QED) is 0.391.